The lowest BCUT2D eigenvalue weighted by molar-refractivity contribution is -0.218. The Morgan fingerprint density at radius 3 is 2.84 bits per heavy atom. The van der Waals surface area contributed by atoms with Crippen molar-refractivity contribution in [3.05, 3.63) is 59.6 Å². The third-order valence-electron chi connectivity index (χ3n) is 6.55. The van der Waals surface area contributed by atoms with Gasteiger partial charge < -0.3 is 23.5 Å². The molecule has 2 saturated heterocycles. The summed E-state index contributed by atoms with van der Waals surface area (Å²) in [4.78, 5) is 8.53. The molecule has 1 spiro atoms. The fourth-order valence-corrected chi connectivity index (χ4v) is 5.55. The summed E-state index contributed by atoms with van der Waals surface area (Å²) in [5, 5.41) is 1.21. The van der Waals surface area contributed by atoms with Gasteiger partial charge in [-0.25, -0.2) is 9.97 Å². The number of hydrogen-bond acceptors (Lipinski definition) is 6. The summed E-state index contributed by atoms with van der Waals surface area (Å²) >= 11 is 6.27. The number of fused-ring (bicyclic) bond motifs is 1. The lowest BCUT2D eigenvalue weighted by Crippen LogP contribution is -2.45. The molecule has 162 valence electrons. The molecule has 7 nitrogen and oxygen atoms in total. The number of halogens is 1. The first-order chi connectivity index (χ1) is 15.0. The van der Waals surface area contributed by atoms with Crippen molar-refractivity contribution >= 4 is 22.6 Å². The Bertz CT molecular complexity index is 1120. The van der Waals surface area contributed by atoms with Gasteiger partial charge in [0.15, 0.2) is 12.0 Å². The Balaban J connectivity index is 1.33. The van der Waals surface area contributed by atoms with Gasteiger partial charge in [-0.15, -0.1) is 0 Å². The van der Waals surface area contributed by atoms with Gasteiger partial charge in [0.25, 0.3) is 0 Å². The summed E-state index contributed by atoms with van der Waals surface area (Å²) in [6, 6.07) is 12.1. The standard InChI is InChI=1S/C23H24ClN3O4/c1-22(2)30-18-21(27-11-9-15-19(24)25-13-26-20(15)27)29-17-16(8-10-23(17,18)31-22)28-12-14-6-4-3-5-7-14/h3-7,9,11,13,16-18,21H,8,10,12H2,1-2H3/t16-,17-,18+,21-,23-/m1/s1. The van der Waals surface area contributed by atoms with Crippen LogP contribution in [0, 0.1) is 0 Å². The van der Waals surface area contributed by atoms with E-state index < -0.39 is 17.6 Å². The van der Waals surface area contributed by atoms with Crippen LogP contribution >= 0.6 is 11.6 Å². The fraction of sp³-hybridized carbons (Fsp3) is 0.478. The average molecular weight is 442 g/mol. The summed E-state index contributed by atoms with van der Waals surface area (Å²) in [6.45, 7) is 4.45. The van der Waals surface area contributed by atoms with Gasteiger partial charge in [-0.05, 0) is 38.3 Å². The van der Waals surface area contributed by atoms with E-state index in [0.29, 0.717) is 11.8 Å². The van der Waals surface area contributed by atoms with Gasteiger partial charge in [-0.3, -0.25) is 0 Å². The van der Waals surface area contributed by atoms with E-state index in [-0.39, 0.29) is 18.3 Å². The molecule has 0 bridgehead atoms. The molecule has 1 aliphatic carbocycles. The van der Waals surface area contributed by atoms with Crippen LogP contribution in [-0.2, 0) is 25.6 Å². The zero-order chi connectivity index (χ0) is 21.2. The summed E-state index contributed by atoms with van der Waals surface area (Å²) in [6.07, 6.45) is 4.10. The lowest BCUT2D eigenvalue weighted by atomic mass is 9.94. The van der Waals surface area contributed by atoms with Crippen LogP contribution < -0.4 is 0 Å². The Morgan fingerprint density at radius 2 is 2.00 bits per heavy atom. The van der Waals surface area contributed by atoms with Crippen molar-refractivity contribution in [1.82, 2.24) is 14.5 Å². The number of aromatic nitrogens is 3. The molecule has 3 aromatic rings. The van der Waals surface area contributed by atoms with Gasteiger partial charge >= 0.3 is 0 Å². The fourth-order valence-electron chi connectivity index (χ4n) is 5.36. The van der Waals surface area contributed by atoms with Crippen LogP contribution in [0.5, 0.6) is 0 Å². The summed E-state index contributed by atoms with van der Waals surface area (Å²) in [5.74, 6) is -0.700. The molecule has 1 aromatic carbocycles. The average Bonchev–Trinajstić information content (AvgIpc) is 3.45. The van der Waals surface area contributed by atoms with Gasteiger partial charge in [0.1, 0.15) is 34.9 Å². The molecule has 2 aromatic heterocycles. The molecule has 8 heteroatoms. The number of hydrogen-bond donors (Lipinski definition) is 0. The van der Waals surface area contributed by atoms with Crippen LogP contribution in [0.15, 0.2) is 48.9 Å². The first-order valence-electron chi connectivity index (χ1n) is 10.6. The molecular formula is C23H24ClN3O4. The third kappa shape index (κ3) is 3.02. The lowest BCUT2D eigenvalue weighted by Gasteiger charge is -2.29. The van der Waals surface area contributed by atoms with E-state index in [9.17, 15) is 0 Å². The van der Waals surface area contributed by atoms with Gasteiger partial charge in [0.05, 0.1) is 18.1 Å². The minimum absolute atomic E-state index is 0.0785. The van der Waals surface area contributed by atoms with E-state index >= 15 is 0 Å². The van der Waals surface area contributed by atoms with Gasteiger partial charge in [-0.1, -0.05) is 41.9 Å². The highest BCUT2D eigenvalue weighted by molar-refractivity contribution is 6.33. The number of rotatable bonds is 4. The predicted molar refractivity (Wildman–Crippen MR) is 113 cm³/mol. The summed E-state index contributed by atoms with van der Waals surface area (Å²) in [5.41, 5.74) is 1.31. The Labute approximate surface area is 185 Å². The van der Waals surface area contributed by atoms with E-state index in [0.717, 1.165) is 29.4 Å². The first-order valence-corrected chi connectivity index (χ1v) is 11.0. The van der Waals surface area contributed by atoms with E-state index in [4.69, 9.17) is 30.5 Å². The predicted octanol–water partition coefficient (Wildman–Crippen LogP) is 4.25. The molecule has 0 unspecified atom stereocenters. The number of benzene rings is 1. The van der Waals surface area contributed by atoms with Crippen molar-refractivity contribution in [3.8, 4) is 0 Å². The van der Waals surface area contributed by atoms with Gasteiger partial charge in [-0.2, -0.15) is 0 Å². The van der Waals surface area contributed by atoms with Crippen LogP contribution in [0.2, 0.25) is 5.15 Å². The van der Waals surface area contributed by atoms with Crippen LogP contribution in [0.25, 0.3) is 11.0 Å². The minimum Gasteiger partial charge on any atom is -0.371 e. The Hall–Kier alpha value is -2.03. The molecule has 0 radical (unpaired) electrons. The first kappa shape index (κ1) is 19.6. The van der Waals surface area contributed by atoms with Crippen molar-refractivity contribution in [3.63, 3.8) is 0 Å². The molecule has 5 atom stereocenters. The molecular weight excluding hydrogens is 418 g/mol. The SMILES string of the molecule is CC1(C)O[C@H]2[C@H](n3ccc4c(Cl)ncnc43)O[C@@H]3[C@H](OCc4ccccc4)CC[C@@]32O1. The highest BCUT2D eigenvalue weighted by Gasteiger charge is 2.70. The quantitative estimate of drug-likeness (QED) is 0.564. The molecule has 4 heterocycles. The smallest absolute Gasteiger partial charge is 0.165 e. The topological polar surface area (TPSA) is 67.6 Å². The third-order valence-corrected chi connectivity index (χ3v) is 6.85. The second-order valence-electron chi connectivity index (χ2n) is 8.94. The molecule has 1 saturated carbocycles. The highest BCUT2D eigenvalue weighted by Crippen LogP contribution is 2.57. The molecule has 31 heavy (non-hydrogen) atoms. The summed E-state index contributed by atoms with van der Waals surface area (Å²) in [7, 11) is 0. The molecule has 3 fully saturated rings. The summed E-state index contributed by atoms with van der Waals surface area (Å²) < 4.78 is 27.9. The maximum absolute atomic E-state index is 6.61. The van der Waals surface area contributed by atoms with Crippen LogP contribution in [0.4, 0.5) is 0 Å². The second kappa shape index (κ2) is 6.98. The maximum atomic E-state index is 6.61. The molecule has 0 N–H and O–H groups in total. The van der Waals surface area contributed by atoms with E-state index in [1.165, 1.54) is 6.33 Å². The van der Waals surface area contributed by atoms with Crippen molar-refractivity contribution in [2.75, 3.05) is 0 Å². The zero-order valence-electron chi connectivity index (χ0n) is 17.4. The number of nitrogens with zero attached hydrogens (tertiary/aromatic N) is 3. The molecule has 3 aliphatic rings. The van der Waals surface area contributed by atoms with Crippen molar-refractivity contribution in [2.24, 2.45) is 0 Å². The van der Waals surface area contributed by atoms with Gasteiger partial charge in [0, 0.05) is 6.20 Å². The van der Waals surface area contributed by atoms with Crippen LogP contribution in [-0.4, -0.2) is 44.2 Å². The second-order valence-corrected chi connectivity index (χ2v) is 9.30. The molecule has 0 amide bonds. The van der Waals surface area contributed by atoms with Crippen LogP contribution in [0.1, 0.15) is 38.5 Å². The Morgan fingerprint density at radius 1 is 1.16 bits per heavy atom. The molecule has 2 aliphatic heterocycles. The van der Waals surface area contributed by atoms with Crippen molar-refractivity contribution in [2.45, 2.75) is 69.2 Å². The Kier molecular flexibility index (Phi) is 4.43. The van der Waals surface area contributed by atoms with Gasteiger partial charge in [0.2, 0.25) is 0 Å². The highest BCUT2D eigenvalue weighted by atomic mass is 35.5. The zero-order valence-corrected chi connectivity index (χ0v) is 18.2. The maximum Gasteiger partial charge on any atom is 0.165 e. The van der Waals surface area contributed by atoms with Crippen molar-refractivity contribution < 1.29 is 18.9 Å². The molecule has 6 rings (SSSR count). The monoisotopic (exact) mass is 441 g/mol. The number of ether oxygens (including phenoxy) is 4. The van der Waals surface area contributed by atoms with Crippen LogP contribution in [0.3, 0.4) is 0 Å². The van der Waals surface area contributed by atoms with E-state index in [1.54, 1.807) is 0 Å². The normalized spacial score (nSPS) is 33.6. The van der Waals surface area contributed by atoms with E-state index in [2.05, 4.69) is 22.1 Å². The van der Waals surface area contributed by atoms with Crippen molar-refractivity contribution in [1.29, 1.82) is 0 Å². The minimum atomic E-state index is -0.700. The largest absolute Gasteiger partial charge is 0.371 e. The van der Waals surface area contributed by atoms with E-state index in [1.807, 2.05) is 48.9 Å².